The first-order valence-corrected chi connectivity index (χ1v) is 13.3. The van der Waals surface area contributed by atoms with Gasteiger partial charge in [0.15, 0.2) is 0 Å². The Morgan fingerprint density at radius 3 is 2.17 bits per heavy atom. The summed E-state index contributed by atoms with van der Waals surface area (Å²) >= 11 is 0. The summed E-state index contributed by atoms with van der Waals surface area (Å²) in [6.45, 7) is -0.0175. The molecule has 0 spiro atoms. The van der Waals surface area contributed by atoms with Crippen molar-refractivity contribution >= 4 is 23.3 Å². The van der Waals surface area contributed by atoms with Gasteiger partial charge < -0.3 is 15.1 Å². The van der Waals surface area contributed by atoms with Crippen molar-refractivity contribution in [2.75, 3.05) is 18.4 Å². The molecule has 9 heteroatoms. The van der Waals surface area contributed by atoms with Crippen LogP contribution in [0.5, 0.6) is 0 Å². The van der Waals surface area contributed by atoms with Crippen molar-refractivity contribution in [1.29, 1.82) is 0 Å². The van der Waals surface area contributed by atoms with E-state index >= 15 is 0 Å². The number of hydrogen-bond acceptors (Lipinski definition) is 2. The summed E-state index contributed by atoms with van der Waals surface area (Å²) < 4.78 is 53.1. The van der Waals surface area contributed by atoms with Crippen LogP contribution in [0.15, 0.2) is 109 Å². The molecule has 0 aliphatic carbocycles. The summed E-state index contributed by atoms with van der Waals surface area (Å²) in [7, 11) is 0. The van der Waals surface area contributed by atoms with Crippen LogP contribution < -0.4 is 5.32 Å². The lowest BCUT2D eigenvalue weighted by Crippen LogP contribution is -2.45. The lowest BCUT2D eigenvalue weighted by molar-refractivity contribution is -0.137. The van der Waals surface area contributed by atoms with E-state index in [2.05, 4.69) is 5.32 Å². The van der Waals surface area contributed by atoms with Crippen LogP contribution in [0.4, 0.5) is 28.0 Å². The lowest BCUT2D eigenvalue weighted by atomic mass is 10.0. The van der Waals surface area contributed by atoms with Gasteiger partial charge >= 0.3 is 12.2 Å². The summed E-state index contributed by atoms with van der Waals surface area (Å²) in [6, 6.07) is 26.7. The standard InChI is InChI=1S/C33H27F4N3O2/c34-27-18-12-23(13-19-27)21-40-30(25-14-16-26(17-15-25)33(35,36)37)11-6-20-39(22-31(40)41)32(42)38-29-10-5-4-9-28(29)24-7-2-1-3-8-24/h1-5,7-19H,6,20-22H2,(H,38,42)/b30-11-. The topological polar surface area (TPSA) is 52.7 Å². The maximum Gasteiger partial charge on any atom is 0.416 e. The van der Waals surface area contributed by atoms with Crippen molar-refractivity contribution in [3.8, 4) is 11.1 Å². The van der Waals surface area contributed by atoms with Crippen molar-refractivity contribution in [1.82, 2.24) is 9.80 Å². The first kappa shape index (κ1) is 28.6. The third-order valence-electron chi connectivity index (χ3n) is 6.96. The minimum Gasteiger partial charge on any atom is -0.315 e. The van der Waals surface area contributed by atoms with E-state index in [1.807, 2.05) is 48.5 Å². The molecule has 5 nitrogen and oxygen atoms in total. The number of para-hydroxylation sites is 1. The fourth-order valence-corrected chi connectivity index (χ4v) is 4.81. The summed E-state index contributed by atoms with van der Waals surface area (Å²) in [5, 5.41) is 2.93. The second-order valence-corrected chi connectivity index (χ2v) is 9.82. The van der Waals surface area contributed by atoms with Crippen molar-refractivity contribution in [3.05, 3.63) is 132 Å². The summed E-state index contributed by atoms with van der Waals surface area (Å²) in [4.78, 5) is 30.0. The predicted octanol–water partition coefficient (Wildman–Crippen LogP) is 7.82. The van der Waals surface area contributed by atoms with Gasteiger partial charge in [-0.2, -0.15) is 13.2 Å². The number of rotatable bonds is 5. The van der Waals surface area contributed by atoms with E-state index in [1.54, 1.807) is 12.1 Å². The monoisotopic (exact) mass is 573 g/mol. The van der Waals surface area contributed by atoms with E-state index in [4.69, 9.17) is 0 Å². The summed E-state index contributed by atoms with van der Waals surface area (Å²) in [5.41, 5.74) is 3.01. The molecule has 5 rings (SSSR count). The van der Waals surface area contributed by atoms with Crippen LogP contribution in [-0.4, -0.2) is 34.8 Å². The smallest absolute Gasteiger partial charge is 0.315 e. The van der Waals surface area contributed by atoms with E-state index in [0.717, 1.165) is 23.3 Å². The van der Waals surface area contributed by atoms with Gasteiger partial charge in [0.1, 0.15) is 12.4 Å². The highest BCUT2D eigenvalue weighted by atomic mass is 19.4. The molecule has 4 aromatic rings. The highest BCUT2D eigenvalue weighted by Crippen LogP contribution is 2.32. The van der Waals surface area contributed by atoms with Crippen LogP contribution in [0.3, 0.4) is 0 Å². The maximum atomic E-state index is 13.7. The zero-order chi connectivity index (χ0) is 29.7. The molecule has 0 unspecified atom stereocenters. The molecule has 0 saturated heterocycles. The predicted molar refractivity (Wildman–Crippen MR) is 153 cm³/mol. The number of amides is 3. The third kappa shape index (κ3) is 6.68. The van der Waals surface area contributed by atoms with Crippen LogP contribution in [0.1, 0.15) is 23.1 Å². The molecule has 0 aromatic heterocycles. The normalized spacial score (nSPS) is 15.4. The van der Waals surface area contributed by atoms with E-state index in [-0.39, 0.29) is 19.6 Å². The Hall–Kier alpha value is -4.92. The van der Waals surface area contributed by atoms with Gasteiger partial charge in [-0.05, 0) is 53.4 Å². The van der Waals surface area contributed by atoms with Gasteiger partial charge in [0.25, 0.3) is 0 Å². The summed E-state index contributed by atoms with van der Waals surface area (Å²) in [5.74, 6) is -0.869. The number of carbonyl (C=O) groups excluding carboxylic acids is 2. The SMILES string of the molecule is O=C(Nc1ccccc1-c1ccccc1)N1CC/C=C(/c2ccc(C(F)(F)F)cc2)N(Cc2ccc(F)cc2)C(=O)C1. The van der Waals surface area contributed by atoms with Crippen LogP contribution >= 0.6 is 0 Å². The zero-order valence-electron chi connectivity index (χ0n) is 22.4. The fraction of sp³-hybridized carbons (Fsp3) is 0.152. The molecule has 0 atom stereocenters. The highest BCUT2D eigenvalue weighted by molar-refractivity contribution is 5.97. The molecule has 4 aromatic carbocycles. The van der Waals surface area contributed by atoms with Gasteiger partial charge in [-0.25, -0.2) is 9.18 Å². The average molecular weight is 574 g/mol. The van der Waals surface area contributed by atoms with E-state index in [0.29, 0.717) is 28.9 Å². The van der Waals surface area contributed by atoms with Gasteiger partial charge in [-0.15, -0.1) is 0 Å². The molecule has 0 radical (unpaired) electrons. The van der Waals surface area contributed by atoms with Gasteiger partial charge in [0, 0.05) is 17.8 Å². The molecule has 0 bridgehead atoms. The fourth-order valence-electron chi connectivity index (χ4n) is 4.81. The minimum atomic E-state index is -4.50. The van der Waals surface area contributed by atoms with E-state index in [9.17, 15) is 27.2 Å². The quantitative estimate of drug-likeness (QED) is 0.248. The van der Waals surface area contributed by atoms with Gasteiger partial charge in [-0.3, -0.25) is 4.79 Å². The Labute approximate surface area is 240 Å². The van der Waals surface area contributed by atoms with Crippen LogP contribution in [0, 0.1) is 5.82 Å². The Morgan fingerprint density at radius 2 is 1.48 bits per heavy atom. The lowest BCUT2D eigenvalue weighted by Gasteiger charge is -2.32. The molecule has 0 fully saturated rings. The zero-order valence-corrected chi connectivity index (χ0v) is 22.4. The number of anilines is 1. The third-order valence-corrected chi connectivity index (χ3v) is 6.96. The highest BCUT2D eigenvalue weighted by Gasteiger charge is 2.31. The van der Waals surface area contributed by atoms with E-state index < -0.39 is 29.5 Å². The molecule has 1 heterocycles. The Morgan fingerprint density at radius 1 is 0.810 bits per heavy atom. The largest absolute Gasteiger partial charge is 0.416 e. The van der Waals surface area contributed by atoms with Crippen LogP contribution in [-0.2, 0) is 17.5 Å². The molecule has 1 aliphatic heterocycles. The van der Waals surface area contributed by atoms with Crippen molar-refractivity contribution in [3.63, 3.8) is 0 Å². The first-order chi connectivity index (χ1) is 20.2. The number of benzene rings is 4. The van der Waals surface area contributed by atoms with Gasteiger partial charge in [0.2, 0.25) is 5.91 Å². The molecule has 1 N–H and O–H groups in total. The minimum absolute atomic E-state index is 0.0399. The molecule has 214 valence electrons. The number of nitrogens with one attached hydrogen (secondary N) is 1. The van der Waals surface area contributed by atoms with Crippen molar-refractivity contribution in [2.24, 2.45) is 0 Å². The van der Waals surface area contributed by atoms with Gasteiger partial charge in [0.05, 0.1) is 17.8 Å². The number of hydrogen-bond donors (Lipinski definition) is 1. The number of nitrogens with zero attached hydrogens (tertiary/aromatic N) is 2. The number of urea groups is 1. The Kier molecular flexibility index (Phi) is 8.38. The second-order valence-electron chi connectivity index (χ2n) is 9.82. The maximum absolute atomic E-state index is 13.7. The van der Waals surface area contributed by atoms with Gasteiger partial charge in [-0.1, -0.05) is 78.9 Å². The molecular formula is C33H27F4N3O2. The summed E-state index contributed by atoms with van der Waals surface area (Å²) in [6.07, 6.45) is -2.41. The molecule has 0 saturated carbocycles. The van der Waals surface area contributed by atoms with E-state index in [1.165, 1.54) is 46.2 Å². The van der Waals surface area contributed by atoms with Crippen LogP contribution in [0.2, 0.25) is 0 Å². The Balaban J connectivity index is 1.42. The molecule has 42 heavy (non-hydrogen) atoms. The van der Waals surface area contributed by atoms with Crippen molar-refractivity contribution in [2.45, 2.75) is 19.1 Å². The average Bonchev–Trinajstić information content (AvgIpc) is 2.98. The Bertz CT molecular complexity index is 1580. The second kappa shape index (κ2) is 12.3. The van der Waals surface area contributed by atoms with Crippen molar-refractivity contribution < 1.29 is 27.2 Å². The molecular weight excluding hydrogens is 546 g/mol. The molecule has 1 aliphatic rings. The number of carbonyl (C=O) groups is 2. The first-order valence-electron chi connectivity index (χ1n) is 13.3. The number of alkyl halides is 3. The molecule has 3 amide bonds. The number of halogens is 4. The van der Waals surface area contributed by atoms with Crippen LogP contribution in [0.25, 0.3) is 16.8 Å².